The van der Waals surface area contributed by atoms with E-state index in [1.165, 1.54) is 12.3 Å². The Morgan fingerprint density at radius 3 is 2.84 bits per heavy atom. The molecule has 3 heterocycles. The topological polar surface area (TPSA) is 117 Å². The average Bonchev–Trinajstić information content (AvgIpc) is 3.18. The van der Waals surface area contributed by atoms with Crippen molar-refractivity contribution in [2.75, 3.05) is 18.4 Å². The van der Waals surface area contributed by atoms with Gasteiger partial charge < -0.3 is 20.9 Å². The predicted molar refractivity (Wildman–Crippen MR) is 109 cm³/mol. The summed E-state index contributed by atoms with van der Waals surface area (Å²) in [5.74, 6) is 0. The molecule has 1 fully saturated rings. The standard InChI is InChI=1S/C20H20F3N7O/c21-20(22,23)15-9-27-19(29-11-2-1-5-25-7-11)30-18(15)14-8-26-17-12(14)3-4-16(28-10-31)13(17)6-24/h3-4,8-11,19,25-27,29H,1-2,5,7H2,(H,28,31). The normalized spacial score (nSPS) is 21.6. The Morgan fingerprint density at radius 1 is 1.32 bits per heavy atom. The number of nitriles is 1. The minimum atomic E-state index is -4.62. The predicted octanol–water partition coefficient (Wildman–Crippen LogP) is 2.07. The summed E-state index contributed by atoms with van der Waals surface area (Å²) in [6, 6.07) is 5.10. The monoisotopic (exact) mass is 431 g/mol. The van der Waals surface area contributed by atoms with Crippen molar-refractivity contribution in [3.8, 4) is 6.07 Å². The summed E-state index contributed by atoms with van der Waals surface area (Å²) in [6.07, 6.45) is -0.699. The molecule has 0 spiro atoms. The first-order valence-corrected chi connectivity index (χ1v) is 9.75. The third kappa shape index (κ3) is 4.12. The second-order valence-electron chi connectivity index (χ2n) is 7.30. The molecule has 1 saturated heterocycles. The molecular weight excluding hydrogens is 411 g/mol. The molecule has 8 nitrogen and oxygen atoms in total. The van der Waals surface area contributed by atoms with Crippen LogP contribution >= 0.6 is 0 Å². The highest BCUT2D eigenvalue weighted by atomic mass is 19.4. The van der Waals surface area contributed by atoms with E-state index in [1.807, 2.05) is 6.07 Å². The number of allylic oxidation sites excluding steroid dienone is 1. The van der Waals surface area contributed by atoms with Crippen molar-refractivity contribution >= 4 is 28.7 Å². The van der Waals surface area contributed by atoms with Crippen LogP contribution in [-0.2, 0) is 4.79 Å². The van der Waals surface area contributed by atoms with Crippen molar-refractivity contribution in [2.24, 2.45) is 4.99 Å². The first-order chi connectivity index (χ1) is 14.9. The van der Waals surface area contributed by atoms with Gasteiger partial charge in [0.1, 0.15) is 6.07 Å². The number of alkyl halides is 3. The molecule has 11 heteroatoms. The number of nitrogens with zero attached hydrogens (tertiary/aromatic N) is 2. The molecule has 5 N–H and O–H groups in total. The van der Waals surface area contributed by atoms with E-state index < -0.39 is 18.0 Å². The molecule has 0 aliphatic carbocycles. The van der Waals surface area contributed by atoms with Gasteiger partial charge in [0, 0.05) is 35.9 Å². The third-order valence-electron chi connectivity index (χ3n) is 5.33. The molecule has 0 bridgehead atoms. The minimum absolute atomic E-state index is 0.0854. The maximum atomic E-state index is 13.7. The molecule has 4 rings (SSSR count). The lowest BCUT2D eigenvalue weighted by molar-refractivity contribution is -0.105. The SMILES string of the molecule is N#Cc1c(NC=O)ccc2c(C3=NC(NC4CCCNC4)NC=C3C(F)(F)F)c[nH]c12. The number of halogens is 3. The number of H-pyrrole nitrogens is 1. The maximum absolute atomic E-state index is 13.7. The molecular formula is C20H20F3N7O. The zero-order chi connectivity index (χ0) is 22.0. The molecule has 31 heavy (non-hydrogen) atoms. The van der Waals surface area contributed by atoms with Gasteiger partial charge in [0.15, 0.2) is 6.29 Å². The Morgan fingerprint density at radius 2 is 2.16 bits per heavy atom. The average molecular weight is 431 g/mol. The summed E-state index contributed by atoms with van der Waals surface area (Å²) in [5, 5.41) is 21.5. The number of piperidine rings is 1. The van der Waals surface area contributed by atoms with Crippen LogP contribution in [0.5, 0.6) is 0 Å². The second-order valence-corrected chi connectivity index (χ2v) is 7.30. The number of benzene rings is 1. The zero-order valence-electron chi connectivity index (χ0n) is 16.3. The van der Waals surface area contributed by atoms with Gasteiger partial charge in [-0.25, -0.2) is 4.99 Å². The number of nitrogens with one attached hydrogen (secondary N) is 5. The van der Waals surface area contributed by atoms with Gasteiger partial charge in [0.05, 0.1) is 28.1 Å². The molecule has 162 valence electrons. The van der Waals surface area contributed by atoms with Crippen LogP contribution in [0.1, 0.15) is 24.0 Å². The Hall–Kier alpha value is -3.36. The minimum Gasteiger partial charge on any atom is -0.359 e. The molecule has 2 atom stereocenters. The van der Waals surface area contributed by atoms with Crippen molar-refractivity contribution in [2.45, 2.75) is 31.3 Å². The highest BCUT2D eigenvalue weighted by Gasteiger charge is 2.40. The number of hydrogen-bond acceptors (Lipinski definition) is 6. The molecule has 1 amide bonds. The Balaban J connectivity index is 1.76. The van der Waals surface area contributed by atoms with E-state index in [2.05, 4.69) is 31.2 Å². The maximum Gasteiger partial charge on any atom is 0.419 e. The van der Waals surface area contributed by atoms with Crippen molar-refractivity contribution in [1.82, 2.24) is 20.9 Å². The smallest absolute Gasteiger partial charge is 0.359 e. The van der Waals surface area contributed by atoms with E-state index in [-0.39, 0.29) is 28.6 Å². The van der Waals surface area contributed by atoms with Gasteiger partial charge in [-0.05, 0) is 31.5 Å². The number of rotatable bonds is 5. The van der Waals surface area contributed by atoms with Crippen LogP contribution in [0.2, 0.25) is 0 Å². The number of fused-ring (bicyclic) bond motifs is 1. The fourth-order valence-electron chi connectivity index (χ4n) is 3.89. The first-order valence-electron chi connectivity index (χ1n) is 9.75. The molecule has 2 aliphatic heterocycles. The summed E-state index contributed by atoms with van der Waals surface area (Å²) in [6.45, 7) is 1.63. The van der Waals surface area contributed by atoms with E-state index in [4.69, 9.17) is 0 Å². The molecule has 2 aliphatic rings. The third-order valence-corrected chi connectivity index (χ3v) is 5.33. The summed E-state index contributed by atoms with van der Waals surface area (Å²) in [7, 11) is 0. The molecule has 1 aromatic carbocycles. The molecule has 2 unspecified atom stereocenters. The second kappa shape index (κ2) is 8.41. The van der Waals surface area contributed by atoms with Crippen LogP contribution in [0.3, 0.4) is 0 Å². The summed E-state index contributed by atoms with van der Waals surface area (Å²) in [4.78, 5) is 18.0. The van der Waals surface area contributed by atoms with E-state index in [1.54, 1.807) is 6.07 Å². The van der Waals surface area contributed by atoms with Crippen LogP contribution in [0, 0.1) is 11.3 Å². The van der Waals surface area contributed by atoms with Crippen LogP contribution in [-0.4, -0.2) is 48.7 Å². The molecule has 0 radical (unpaired) electrons. The number of aliphatic imine (C=N–C) groups is 1. The Kier molecular flexibility index (Phi) is 5.67. The van der Waals surface area contributed by atoms with Crippen molar-refractivity contribution < 1.29 is 18.0 Å². The van der Waals surface area contributed by atoms with Crippen molar-refractivity contribution in [1.29, 1.82) is 5.26 Å². The van der Waals surface area contributed by atoms with Crippen LogP contribution < -0.4 is 21.3 Å². The highest BCUT2D eigenvalue weighted by Crippen LogP contribution is 2.34. The highest BCUT2D eigenvalue weighted by molar-refractivity contribution is 6.20. The number of carbonyl (C=O) groups excluding carboxylic acids is 1. The van der Waals surface area contributed by atoms with Crippen LogP contribution in [0.25, 0.3) is 10.9 Å². The quantitative estimate of drug-likeness (QED) is 0.465. The van der Waals surface area contributed by atoms with E-state index in [9.17, 15) is 23.2 Å². The number of hydrogen-bond donors (Lipinski definition) is 5. The number of amides is 1. The lowest BCUT2D eigenvalue weighted by Gasteiger charge is -2.30. The van der Waals surface area contributed by atoms with Gasteiger partial charge in [-0.15, -0.1) is 0 Å². The van der Waals surface area contributed by atoms with Gasteiger partial charge in [-0.3, -0.25) is 10.1 Å². The van der Waals surface area contributed by atoms with Gasteiger partial charge >= 0.3 is 6.18 Å². The number of anilines is 1. The van der Waals surface area contributed by atoms with E-state index in [0.717, 1.165) is 25.6 Å². The van der Waals surface area contributed by atoms with Gasteiger partial charge in [0.2, 0.25) is 6.41 Å². The first kappa shape index (κ1) is 20.9. The summed E-state index contributed by atoms with van der Waals surface area (Å²) in [5.41, 5.74) is -0.177. The fraction of sp³-hybridized carbons (Fsp3) is 0.350. The van der Waals surface area contributed by atoms with Gasteiger partial charge in [-0.1, -0.05) is 0 Å². The van der Waals surface area contributed by atoms with E-state index >= 15 is 0 Å². The Labute approximate surface area is 175 Å². The number of carbonyl (C=O) groups is 1. The summed E-state index contributed by atoms with van der Waals surface area (Å²) < 4.78 is 41.2. The zero-order valence-corrected chi connectivity index (χ0v) is 16.3. The van der Waals surface area contributed by atoms with Gasteiger partial charge in [-0.2, -0.15) is 18.4 Å². The molecule has 0 saturated carbocycles. The Bertz CT molecular complexity index is 1090. The molecule has 2 aromatic rings. The molecule has 1 aromatic heterocycles. The van der Waals surface area contributed by atoms with E-state index in [0.29, 0.717) is 23.9 Å². The van der Waals surface area contributed by atoms with Crippen molar-refractivity contribution in [3.05, 3.63) is 41.2 Å². The van der Waals surface area contributed by atoms with Crippen molar-refractivity contribution in [3.63, 3.8) is 0 Å². The van der Waals surface area contributed by atoms with Crippen LogP contribution in [0.15, 0.2) is 35.1 Å². The summed E-state index contributed by atoms with van der Waals surface area (Å²) >= 11 is 0. The van der Waals surface area contributed by atoms with Crippen LogP contribution in [0.4, 0.5) is 18.9 Å². The van der Waals surface area contributed by atoms with Gasteiger partial charge in [0.25, 0.3) is 0 Å². The lowest BCUT2D eigenvalue weighted by atomic mass is 9.99. The number of aromatic amines is 1. The lowest BCUT2D eigenvalue weighted by Crippen LogP contribution is -2.52. The fourth-order valence-corrected chi connectivity index (χ4v) is 3.89. The largest absolute Gasteiger partial charge is 0.419 e. The number of aromatic nitrogens is 1.